The van der Waals surface area contributed by atoms with Crippen LogP contribution < -0.4 is 16.4 Å². The van der Waals surface area contributed by atoms with Gasteiger partial charge in [-0.15, -0.1) is 0 Å². The Balaban J connectivity index is 1.55. The van der Waals surface area contributed by atoms with E-state index in [1.54, 1.807) is 0 Å². The number of amides is 1. The van der Waals surface area contributed by atoms with Crippen LogP contribution in [-0.4, -0.2) is 33.6 Å². The fourth-order valence-electron chi connectivity index (χ4n) is 4.27. The predicted molar refractivity (Wildman–Crippen MR) is 122 cm³/mol. The van der Waals surface area contributed by atoms with E-state index in [2.05, 4.69) is 26.8 Å². The first kappa shape index (κ1) is 19.3. The number of carbonyl (C=O) groups excluding carboxylic acids is 1. The molecule has 1 aliphatic rings. The molecule has 4 aromatic rings. The van der Waals surface area contributed by atoms with E-state index in [0.29, 0.717) is 17.3 Å². The molecule has 1 aliphatic heterocycles. The number of benzene rings is 2. The number of anilines is 2. The zero-order valence-corrected chi connectivity index (χ0v) is 17.1. The summed E-state index contributed by atoms with van der Waals surface area (Å²) >= 11 is 0. The molecule has 0 atom stereocenters. The van der Waals surface area contributed by atoms with Crippen LogP contribution in [0.25, 0.3) is 16.6 Å². The number of carbonyl (C=O) groups is 1. The number of aromatic nitrogens is 3. The average molecular weight is 412 g/mol. The molecule has 2 aromatic carbocycles. The maximum absolute atomic E-state index is 12.8. The minimum Gasteiger partial charge on any atom is -0.382 e. The monoisotopic (exact) mass is 412 g/mol. The van der Waals surface area contributed by atoms with Crippen molar-refractivity contribution in [3.63, 3.8) is 0 Å². The number of nitrogens with zero attached hydrogens (tertiary/aromatic N) is 3. The number of piperidine rings is 1. The van der Waals surface area contributed by atoms with Crippen LogP contribution in [-0.2, 0) is 0 Å². The number of para-hydroxylation sites is 1. The Labute approximate surface area is 180 Å². The molecule has 7 heteroatoms. The molecule has 0 aliphatic carbocycles. The third-order valence-corrected chi connectivity index (χ3v) is 5.84. The summed E-state index contributed by atoms with van der Waals surface area (Å²) in [6.07, 6.45) is 3.60. The van der Waals surface area contributed by atoms with Crippen molar-refractivity contribution < 1.29 is 4.79 Å². The van der Waals surface area contributed by atoms with Crippen molar-refractivity contribution in [3.8, 4) is 11.1 Å². The van der Waals surface area contributed by atoms with E-state index >= 15 is 0 Å². The lowest BCUT2D eigenvalue weighted by Crippen LogP contribution is -2.27. The summed E-state index contributed by atoms with van der Waals surface area (Å²) in [4.78, 5) is 17.0. The van der Waals surface area contributed by atoms with E-state index in [1.165, 1.54) is 6.33 Å². The Morgan fingerprint density at radius 2 is 1.87 bits per heavy atom. The molecule has 0 radical (unpaired) electrons. The summed E-state index contributed by atoms with van der Waals surface area (Å²) in [5, 5.41) is 10.9. The van der Waals surface area contributed by atoms with Crippen molar-refractivity contribution in [1.82, 2.24) is 19.9 Å². The molecule has 4 N–H and O–H groups in total. The molecule has 0 bridgehead atoms. The van der Waals surface area contributed by atoms with Gasteiger partial charge in [0.2, 0.25) is 0 Å². The van der Waals surface area contributed by atoms with Gasteiger partial charge < -0.3 is 16.4 Å². The third kappa shape index (κ3) is 3.75. The zero-order chi connectivity index (χ0) is 21.2. The van der Waals surface area contributed by atoms with Crippen LogP contribution in [0.5, 0.6) is 0 Å². The lowest BCUT2D eigenvalue weighted by atomic mass is 9.94. The van der Waals surface area contributed by atoms with Gasteiger partial charge in [0.15, 0.2) is 5.82 Å². The van der Waals surface area contributed by atoms with Crippen molar-refractivity contribution in [1.29, 1.82) is 0 Å². The minimum absolute atomic E-state index is 0.153. The van der Waals surface area contributed by atoms with E-state index in [-0.39, 0.29) is 5.91 Å². The molecular weight excluding hydrogens is 388 g/mol. The van der Waals surface area contributed by atoms with Crippen LogP contribution in [0.3, 0.4) is 0 Å². The number of nitrogens with one attached hydrogen (secondary N) is 2. The molecule has 7 nitrogen and oxygen atoms in total. The van der Waals surface area contributed by atoms with Gasteiger partial charge in [-0.05, 0) is 61.8 Å². The minimum atomic E-state index is -0.153. The normalized spacial score (nSPS) is 14.6. The molecule has 1 saturated heterocycles. The van der Waals surface area contributed by atoms with Gasteiger partial charge in [0.1, 0.15) is 11.8 Å². The lowest BCUT2D eigenvalue weighted by molar-refractivity contribution is 0.102. The van der Waals surface area contributed by atoms with E-state index in [4.69, 9.17) is 5.73 Å². The van der Waals surface area contributed by atoms with Crippen LogP contribution in [0.1, 0.15) is 34.8 Å². The Hall–Kier alpha value is -3.71. The zero-order valence-electron chi connectivity index (χ0n) is 17.1. The third-order valence-electron chi connectivity index (χ3n) is 5.84. The van der Waals surface area contributed by atoms with E-state index in [1.807, 2.05) is 59.1 Å². The van der Waals surface area contributed by atoms with Gasteiger partial charge in [-0.3, -0.25) is 4.79 Å². The SMILES string of the molecule is Nc1ncnn2c(C3CCNCC3)cc(-c3cccc(C(=O)Nc4ccccc4)c3)c12. The van der Waals surface area contributed by atoms with Gasteiger partial charge in [-0.1, -0.05) is 30.3 Å². The highest BCUT2D eigenvalue weighted by atomic mass is 16.1. The van der Waals surface area contributed by atoms with Crippen molar-refractivity contribution in [2.75, 3.05) is 24.1 Å². The Morgan fingerprint density at radius 3 is 2.68 bits per heavy atom. The summed E-state index contributed by atoms with van der Waals surface area (Å²) in [5.41, 5.74) is 11.4. The van der Waals surface area contributed by atoms with Crippen molar-refractivity contribution in [2.24, 2.45) is 0 Å². The largest absolute Gasteiger partial charge is 0.382 e. The Bertz CT molecular complexity index is 1230. The lowest BCUT2D eigenvalue weighted by Gasteiger charge is -2.22. The topological polar surface area (TPSA) is 97.3 Å². The summed E-state index contributed by atoms with van der Waals surface area (Å²) in [5.74, 6) is 0.685. The Morgan fingerprint density at radius 1 is 1.06 bits per heavy atom. The molecule has 1 fully saturated rings. The number of hydrogen-bond donors (Lipinski definition) is 3. The van der Waals surface area contributed by atoms with Crippen molar-refractivity contribution in [2.45, 2.75) is 18.8 Å². The highest BCUT2D eigenvalue weighted by Crippen LogP contribution is 2.36. The van der Waals surface area contributed by atoms with Crippen molar-refractivity contribution >= 4 is 22.9 Å². The van der Waals surface area contributed by atoms with Gasteiger partial charge in [0.25, 0.3) is 5.91 Å². The van der Waals surface area contributed by atoms with Gasteiger partial charge in [-0.2, -0.15) is 5.10 Å². The first-order valence-corrected chi connectivity index (χ1v) is 10.5. The quantitative estimate of drug-likeness (QED) is 0.475. The molecule has 31 heavy (non-hydrogen) atoms. The molecule has 0 unspecified atom stereocenters. The van der Waals surface area contributed by atoms with Crippen LogP contribution in [0, 0.1) is 0 Å². The first-order chi connectivity index (χ1) is 15.2. The Kier molecular flexibility index (Phi) is 5.09. The standard InChI is InChI=1S/C24H24N6O/c25-23-22-20(14-21(30(22)28-15-27-23)16-9-11-26-12-10-16)17-5-4-6-18(13-17)24(31)29-19-7-2-1-3-8-19/h1-8,13-16,26H,9-12H2,(H,29,31)(H2,25,27,28). The van der Waals surface area contributed by atoms with E-state index in [9.17, 15) is 4.79 Å². The summed E-state index contributed by atoms with van der Waals surface area (Å²) in [6.45, 7) is 1.98. The van der Waals surface area contributed by atoms with Gasteiger partial charge in [0, 0.05) is 28.4 Å². The van der Waals surface area contributed by atoms with Gasteiger partial charge in [-0.25, -0.2) is 9.50 Å². The number of nitrogen functional groups attached to an aromatic ring is 1. The molecule has 3 heterocycles. The summed E-state index contributed by atoms with van der Waals surface area (Å²) < 4.78 is 1.92. The molecule has 1 amide bonds. The average Bonchev–Trinajstić information content (AvgIpc) is 3.21. The maximum Gasteiger partial charge on any atom is 0.255 e. The summed E-state index contributed by atoms with van der Waals surface area (Å²) in [6, 6.07) is 19.2. The fraction of sp³-hybridized carbons (Fsp3) is 0.208. The van der Waals surface area contributed by atoms with Crippen LogP contribution in [0.2, 0.25) is 0 Å². The number of nitrogens with two attached hydrogens (primary N) is 1. The molecule has 0 spiro atoms. The van der Waals surface area contributed by atoms with E-state index < -0.39 is 0 Å². The number of fused-ring (bicyclic) bond motifs is 1. The molecule has 2 aromatic heterocycles. The molecular formula is C24H24N6O. The smallest absolute Gasteiger partial charge is 0.255 e. The maximum atomic E-state index is 12.8. The fourth-order valence-corrected chi connectivity index (χ4v) is 4.27. The first-order valence-electron chi connectivity index (χ1n) is 10.5. The van der Waals surface area contributed by atoms with Gasteiger partial charge in [0.05, 0.1) is 0 Å². The second-order valence-electron chi connectivity index (χ2n) is 7.81. The van der Waals surface area contributed by atoms with Gasteiger partial charge >= 0.3 is 0 Å². The van der Waals surface area contributed by atoms with Crippen LogP contribution in [0.15, 0.2) is 67.0 Å². The molecule has 0 saturated carbocycles. The second-order valence-corrected chi connectivity index (χ2v) is 7.81. The summed E-state index contributed by atoms with van der Waals surface area (Å²) in [7, 11) is 0. The van der Waals surface area contributed by atoms with Crippen LogP contribution >= 0.6 is 0 Å². The molecule has 156 valence electrons. The second kappa shape index (κ2) is 8.20. The molecule has 5 rings (SSSR count). The highest BCUT2D eigenvalue weighted by molar-refractivity contribution is 6.05. The van der Waals surface area contributed by atoms with Crippen molar-refractivity contribution in [3.05, 3.63) is 78.2 Å². The van der Waals surface area contributed by atoms with Crippen LogP contribution in [0.4, 0.5) is 11.5 Å². The predicted octanol–water partition coefficient (Wildman–Crippen LogP) is 3.70. The number of hydrogen-bond acceptors (Lipinski definition) is 5. The van der Waals surface area contributed by atoms with E-state index in [0.717, 1.165) is 54.0 Å². The number of rotatable bonds is 4. The highest BCUT2D eigenvalue weighted by Gasteiger charge is 2.23.